The lowest BCUT2D eigenvalue weighted by molar-refractivity contribution is 0.238. The maximum atomic E-state index is 6.16. The molecule has 0 aliphatic heterocycles. The molecule has 2 aromatic carbocycles. The largest absolute Gasteiger partial charge is 0.497 e. The van der Waals surface area contributed by atoms with Crippen LogP contribution >= 0.6 is 23.2 Å². The van der Waals surface area contributed by atoms with Gasteiger partial charge in [-0.25, -0.2) is 9.97 Å². The third-order valence-electron chi connectivity index (χ3n) is 3.77. The van der Waals surface area contributed by atoms with Gasteiger partial charge in [-0.05, 0) is 36.4 Å². The van der Waals surface area contributed by atoms with Gasteiger partial charge in [0.25, 0.3) is 5.89 Å². The molecule has 2 aromatic heterocycles. The Hall–Kier alpha value is -2.90. The summed E-state index contributed by atoms with van der Waals surface area (Å²) in [7, 11) is 1.61. The summed E-state index contributed by atoms with van der Waals surface area (Å²) in [6.07, 6.45) is 1.37. The first-order chi connectivity index (χ1) is 13.1. The van der Waals surface area contributed by atoms with Crippen LogP contribution in [0.15, 0.2) is 47.2 Å². The predicted molar refractivity (Wildman–Crippen MR) is 100 cm³/mol. The summed E-state index contributed by atoms with van der Waals surface area (Å²) in [5.41, 5.74) is 1.35. The Kier molecular flexibility index (Phi) is 4.79. The van der Waals surface area contributed by atoms with Crippen LogP contribution in [0, 0.1) is 0 Å². The van der Waals surface area contributed by atoms with Gasteiger partial charge in [0.05, 0.1) is 23.0 Å². The van der Waals surface area contributed by atoms with Crippen LogP contribution in [-0.4, -0.2) is 27.2 Å². The van der Waals surface area contributed by atoms with E-state index in [0.29, 0.717) is 38.5 Å². The zero-order valence-electron chi connectivity index (χ0n) is 14.0. The van der Waals surface area contributed by atoms with Crippen LogP contribution in [0.1, 0.15) is 5.89 Å². The van der Waals surface area contributed by atoms with Gasteiger partial charge in [0, 0.05) is 10.6 Å². The number of fused-ring (bicyclic) bond motifs is 1. The molecule has 0 spiro atoms. The van der Waals surface area contributed by atoms with Crippen LogP contribution in [-0.2, 0) is 6.61 Å². The molecular formula is C18H12Cl2N4O3. The summed E-state index contributed by atoms with van der Waals surface area (Å²) in [6.45, 7) is 0.0411. The van der Waals surface area contributed by atoms with E-state index in [1.807, 2.05) is 24.3 Å². The molecule has 9 heteroatoms. The van der Waals surface area contributed by atoms with E-state index in [1.165, 1.54) is 6.33 Å². The van der Waals surface area contributed by atoms with Crippen molar-refractivity contribution in [3.8, 4) is 23.0 Å². The lowest BCUT2D eigenvalue weighted by Crippen LogP contribution is -1.99. The monoisotopic (exact) mass is 402 g/mol. The van der Waals surface area contributed by atoms with Gasteiger partial charge >= 0.3 is 0 Å². The SMILES string of the molecule is COc1ccc(-c2noc(COc3ncnc4c(Cl)cc(Cl)cc34)n2)cc1. The number of halogens is 2. The first-order valence-electron chi connectivity index (χ1n) is 7.83. The van der Waals surface area contributed by atoms with Crippen molar-refractivity contribution < 1.29 is 14.0 Å². The molecule has 0 saturated carbocycles. The fourth-order valence-corrected chi connectivity index (χ4v) is 3.03. The molecule has 0 amide bonds. The zero-order chi connectivity index (χ0) is 18.8. The number of benzene rings is 2. The first-order valence-corrected chi connectivity index (χ1v) is 8.59. The molecule has 136 valence electrons. The lowest BCUT2D eigenvalue weighted by Gasteiger charge is -2.07. The second kappa shape index (κ2) is 7.38. The summed E-state index contributed by atoms with van der Waals surface area (Å²) in [5.74, 6) is 1.84. The number of aromatic nitrogens is 4. The van der Waals surface area contributed by atoms with Crippen LogP contribution in [0.2, 0.25) is 10.0 Å². The van der Waals surface area contributed by atoms with Crippen LogP contribution < -0.4 is 9.47 Å². The first kappa shape index (κ1) is 17.5. The van der Waals surface area contributed by atoms with Gasteiger partial charge in [0.15, 0.2) is 6.61 Å². The summed E-state index contributed by atoms with van der Waals surface area (Å²) < 4.78 is 16.1. The van der Waals surface area contributed by atoms with Gasteiger partial charge < -0.3 is 14.0 Å². The van der Waals surface area contributed by atoms with Crippen LogP contribution in [0.5, 0.6) is 11.6 Å². The third kappa shape index (κ3) is 3.65. The van der Waals surface area contributed by atoms with E-state index >= 15 is 0 Å². The van der Waals surface area contributed by atoms with Crippen molar-refractivity contribution in [2.45, 2.75) is 6.61 Å². The highest BCUT2D eigenvalue weighted by atomic mass is 35.5. The maximum absolute atomic E-state index is 6.16. The Morgan fingerprint density at radius 3 is 2.67 bits per heavy atom. The van der Waals surface area contributed by atoms with Gasteiger partial charge in [-0.3, -0.25) is 0 Å². The molecule has 0 bridgehead atoms. The number of methoxy groups -OCH3 is 1. The van der Waals surface area contributed by atoms with Crippen LogP contribution in [0.4, 0.5) is 0 Å². The summed E-state index contributed by atoms with van der Waals surface area (Å²) in [4.78, 5) is 12.6. The predicted octanol–water partition coefficient (Wildman–Crippen LogP) is 4.57. The second-order valence-corrected chi connectivity index (χ2v) is 6.34. The van der Waals surface area contributed by atoms with E-state index in [9.17, 15) is 0 Å². The number of hydrogen-bond acceptors (Lipinski definition) is 7. The van der Waals surface area contributed by atoms with Crippen molar-refractivity contribution in [1.82, 2.24) is 20.1 Å². The molecule has 4 aromatic rings. The normalized spacial score (nSPS) is 10.9. The van der Waals surface area contributed by atoms with Gasteiger partial charge in [0.1, 0.15) is 12.1 Å². The van der Waals surface area contributed by atoms with Crippen molar-refractivity contribution in [3.05, 3.63) is 58.7 Å². The topological polar surface area (TPSA) is 83.2 Å². The molecule has 0 aliphatic rings. The van der Waals surface area contributed by atoms with Crippen molar-refractivity contribution in [3.63, 3.8) is 0 Å². The molecule has 2 heterocycles. The highest BCUT2D eigenvalue weighted by Crippen LogP contribution is 2.31. The molecule has 7 nitrogen and oxygen atoms in total. The Morgan fingerprint density at radius 1 is 1.07 bits per heavy atom. The Balaban J connectivity index is 1.54. The second-order valence-electron chi connectivity index (χ2n) is 5.49. The summed E-state index contributed by atoms with van der Waals surface area (Å²) >= 11 is 12.2. The van der Waals surface area contributed by atoms with Gasteiger partial charge in [-0.2, -0.15) is 4.98 Å². The molecular weight excluding hydrogens is 391 g/mol. The Labute approximate surface area is 163 Å². The average molecular weight is 403 g/mol. The highest BCUT2D eigenvalue weighted by Gasteiger charge is 2.13. The molecule has 0 N–H and O–H groups in total. The summed E-state index contributed by atoms with van der Waals surface area (Å²) in [5, 5.41) is 5.45. The fourth-order valence-electron chi connectivity index (χ4n) is 2.48. The number of nitrogens with zero attached hydrogens (tertiary/aromatic N) is 4. The molecule has 0 saturated heterocycles. The van der Waals surface area contributed by atoms with Crippen molar-refractivity contribution in [2.75, 3.05) is 7.11 Å². The average Bonchev–Trinajstić information content (AvgIpc) is 3.15. The Bertz CT molecular complexity index is 1100. The van der Waals surface area contributed by atoms with Crippen LogP contribution in [0.3, 0.4) is 0 Å². The molecule has 0 atom stereocenters. The number of ether oxygens (including phenoxy) is 2. The summed E-state index contributed by atoms with van der Waals surface area (Å²) in [6, 6.07) is 10.6. The molecule has 0 fully saturated rings. The van der Waals surface area contributed by atoms with Crippen molar-refractivity contribution in [1.29, 1.82) is 0 Å². The molecule has 4 rings (SSSR count). The van der Waals surface area contributed by atoms with E-state index in [-0.39, 0.29) is 6.61 Å². The van der Waals surface area contributed by atoms with Gasteiger partial charge in [0.2, 0.25) is 11.7 Å². The fraction of sp³-hybridized carbons (Fsp3) is 0.111. The molecule has 27 heavy (non-hydrogen) atoms. The van der Waals surface area contributed by atoms with E-state index in [1.54, 1.807) is 19.2 Å². The minimum absolute atomic E-state index is 0.0411. The number of rotatable bonds is 5. The highest BCUT2D eigenvalue weighted by molar-refractivity contribution is 6.38. The van der Waals surface area contributed by atoms with Crippen LogP contribution in [0.25, 0.3) is 22.3 Å². The zero-order valence-corrected chi connectivity index (χ0v) is 15.5. The van der Waals surface area contributed by atoms with E-state index in [0.717, 1.165) is 11.3 Å². The molecule has 0 radical (unpaired) electrons. The van der Waals surface area contributed by atoms with Gasteiger partial charge in [-0.1, -0.05) is 28.4 Å². The maximum Gasteiger partial charge on any atom is 0.264 e. The third-order valence-corrected chi connectivity index (χ3v) is 4.28. The minimum atomic E-state index is 0.0411. The lowest BCUT2D eigenvalue weighted by atomic mass is 10.2. The van der Waals surface area contributed by atoms with Crippen molar-refractivity contribution in [2.24, 2.45) is 0 Å². The van der Waals surface area contributed by atoms with E-state index in [4.69, 9.17) is 37.2 Å². The molecule has 0 aliphatic carbocycles. The minimum Gasteiger partial charge on any atom is -0.497 e. The van der Waals surface area contributed by atoms with Crippen molar-refractivity contribution >= 4 is 34.1 Å². The van der Waals surface area contributed by atoms with E-state index < -0.39 is 0 Å². The number of hydrogen-bond donors (Lipinski definition) is 0. The smallest absolute Gasteiger partial charge is 0.264 e. The van der Waals surface area contributed by atoms with Gasteiger partial charge in [-0.15, -0.1) is 0 Å². The standard InChI is InChI=1S/C18H12Cl2N4O3/c1-25-12-4-2-10(3-5-12)17-23-15(27-24-17)8-26-18-13-6-11(19)7-14(20)16(13)21-9-22-18/h2-7,9H,8H2,1H3. The molecule has 0 unspecified atom stereocenters. The Morgan fingerprint density at radius 2 is 1.89 bits per heavy atom. The van der Waals surface area contributed by atoms with E-state index in [2.05, 4.69) is 20.1 Å². The quantitative estimate of drug-likeness (QED) is 0.483.